The molecule has 0 saturated carbocycles. The molecule has 0 atom stereocenters. The molecule has 6 rings (SSSR count). The molecular weight excluding hydrogens is 400 g/mol. The highest BCUT2D eigenvalue weighted by molar-refractivity contribution is 6.10. The van der Waals surface area contributed by atoms with Gasteiger partial charge in [0.05, 0.1) is 11.0 Å². The molecule has 0 aliphatic heterocycles. The summed E-state index contributed by atoms with van der Waals surface area (Å²) in [7, 11) is 2.17. The van der Waals surface area contributed by atoms with Gasteiger partial charge in [-0.1, -0.05) is 66.7 Å². The number of benzene rings is 3. The fourth-order valence-corrected chi connectivity index (χ4v) is 5.30. The van der Waals surface area contributed by atoms with Gasteiger partial charge in [-0.15, -0.1) is 0 Å². The summed E-state index contributed by atoms with van der Waals surface area (Å²) in [4.78, 5) is 2.31. The lowest BCUT2D eigenvalue weighted by Gasteiger charge is -2.27. The minimum absolute atomic E-state index is 1.06. The van der Waals surface area contributed by atoms with Crippen molar-refractivity contribution < 1.29 is 0 Å². The first kappa shape index (κ1) is 19.9. The van der Waals surface area contributed by atoms with E-state index in [1.807, 2.05) is 0 Å². The quantitative estimate of drug-likeness (QED) is 0.319. The molecule has 4 aromatic rings. The summed E-state index contributed by atoms with van der Waals surface area (Å²) in [5.41, 5.74) is 9.58. The Labute approximate surface area is 195 Å². The second-order valence-electron chi connectivity index (χ2n) is 8.96. The average molecular weight is 429 g/mol. The molecular formula is C31H28N2. The van der Waals surface area contributed by atoms with Crippen LogP contribution in [0.1, 0.15) is 25.7 Å². The highest BCUT2D eigenvalue weighted by Crippen LogP contribution is 2.37. The Bertz CT molecular complexity index is 1410. The zero-order valence-electron chi connectivity index (χ0n) is 19.0. The standard InChI is InChI=1S/C31H28N2/c1-32(25-9-3-2-4-10-25)26-19-15-23(16-20-26)24-17-21-27(22-18-24)33-30-13-7-5-11-28(30)29-12-6-8-14-31(29)33/h2-15,17,19,21H,16,18,20,22H2,1H3. The normalized spacial score (nSPS) is 16.3. The number of rotatable bonds is 4. The van der Waals surface area contributed by atoms with E-state index in [1.54, 1.807) is 0 Å². The van der Waals surface area contributed by atoms with Crippen LogP contribution in [0.4, 0.5) is 5.69 Å². The number of allylic oxidation sites excluding steroid dienone is 8. The maximum absolute atomic E-state index is 2.46. The molecule has 2 heteroatoms. The van der Waals surface area contributed by atoms with Crippen molar-refractivity contribution in [1.29, 1.82) is 0 Å². The fourth-order valence-electron chi connectivity index (χ4n) is 5.30. The van der Waals surface area contributed by atoms with Crippen molar-refractivity contribution in [3.8, 4) is 0 Å². The smallest absolute Gasteiger partial charge is 0.0537 e. The lowest BCUT2D eigenvalue weighted by Crippen LogP contribution is -2.18. The molecule has 2 nitrogen and oxygen atoms in total. The van der Waals surface area contributed by atoms with E-state index in [0.29, 0.717) is 0 Å². The maximum Gasteiger partial charge on any atom is 0.0537 e. The van der Waals surface area contributed by atoms with Crippen LogP contribution in [0.25, 0.3) is 27.5 Å². The van der Waals surface area contributed by atoms with Crippen molar-refractivity contribution in [2.75, 3.05) is 11.9 Å². The van der Waals surface area contributed by atoms with Crippen LogP contribution in [0.3, 0.4) is 0 Å². The molecule has 0 amide bonds. The minimum Gasteiger partial charge on any atom is -0.348 e. The van der Waals surface area contributed by atoms with Gasteiger partial charge >= 0.3 is 0 Å². The van der Waals surface area contributed by atoms with Crippen LogP contribution < -0.4 is 4.90 Å². The van der Waals surface area contributed by atoms with Crippen molar-refractivity contribution in [3.63, 3.8) is 0 Å². The number of nitrogens with zero attached hydrogens (tertiary/aromatic N) is 2. The number of aromatic nitrogens is 1. The number of para-hydroxylation sites is 3. The van der Waals surface area contributed by atoms with Gasteiger partial charge in [-0.2, -0.15) is 0 Å². The van der Waals surface area contributed by atoms with E-state index in [4.69, 9.17) is 0 Å². The van der Waals surface area contributed by atoms with Crippen molar-refractivity contribution in [2.45, 2.75) is 25.7 Å². The number of fused-ring (bicyclic) bond motifs is 3. The monoisotopic (exact) mass is 428 g/mol. The molecule has 162 valence electrons. The zero-order chi connectivity index (χ0) is 22.2. The highest BCUT2D eigenvalue weighted by Gasteiger charge is 2.18. The minimum atomic E-state index is 1.06. The third-order valence-corrected chi connectivity index (χ3v) is 7.11. The Morgan fingerprint density at radius 3 is 1.73 bits per heavy atom. The molecule has 2 aliphatic rings. The van der Waals surface area contributed by atoms with Gasteiger partial charge < -0.3 is 9.47 Å². The van der Waals surface area contributed by atoms with E-state index in [9.17, 15) is 0 Å². The summed E-state index contributed by atoms with van der Waals surface area (Å²) >= 11 is 0. The van der Waals surface area contributed by atoms with Crippen LogP contribution in [-0.4, -0.2) is 11.6 Å². The van der Waals surface area contributed by atoms with E-state index < -0.39 is 0 Å². The van der Waals surface area contributed by atoms with Gasteiger partial charge in [0.1, 0.15) is 0 Å². The van der Waals surface area contributed by atoms with Crippen molar-refractivity contribution in [1.82, 2.24) is 4.57 Å². The van der Waals surface area contributed by atoms with Gasteiger partial charge in [-0.25, -0.2) is 0 Å². The van der Waals surface area contributed by atoms with Crippen LogP contribution in [-0.2, 0) is 0 Å². The summed E-state index contributed by atoms with van der Waals surface area (Å²) in [6.07, 6.45) is 13.7. The molecule has 0 N–H and O–H groups in total. The van der Waals surface area contributed by atoms with Crippen LogP contribution in [0, 0.1) is 0 Å². The third kappa shape index (κ3) is 3.52. The topological polar surface area (TPSA) is 8.17 Å². The molecule has 0 radical (unpaired) electrons. The lowest BCUT2D eigenvalue weighted by atomic mass is 9.89. The second-order valence-corrected chi connectivity index (χ2v) is 8.96. The van der Waals surface area contributed by atoms with Crippen LogP contribution in [0.2, 0.25) is 0 Å². The summed E-state index contributed by atoms with van der Waals surface area (Å²) in [6.45, 7) is 0. The molecule has 1 heterocycles. The van der Waals surface area contributed by atoms with Crippen molar-refractivity contribution in [3.05, 3.63) is 120 Å². The fraction of sp³-hybridized carbons (Fsp3) is 0.161. The summed E-state index contributed by atoms with van der Waals surface area (Å²) in [6, 6.07) is 28.1. The van der Waals surface area contributed by atoms with Gasteiger partial charge in [-0.3, -0.25) is 0 Å². The molecule has 0 bridgehead atoms. The summed E-state index contributed by atoms with van der Waals surface area (Å²) in [5.74, 6) is 0. The molecule has 1 aromatic heterocycles. The van der Waals surface area contributed by atoms with E-state index in [-0.39, 0.29) is 0 Å². The first-order valence-corrected chi connectivity index (χ1v) is 11.9. The van der Waals surface area contributed by atoms with Crippen molar-refractivity contribution in [2.24, 2.45) is 0 Å². The second kappa shape index (κ2) is 8.29. The Kier molecular flexibility index (Phi) is 4.99. The summed E-state index contributed by atoms with van der Waals surface area (Å²) < 4.78 is 2.46. The molecule has 0 fully saturated rings. The van der Waals surface area contributed by atoms with Gasteiger partial charge in [0, 0.05) is 34.9 Å². The van der Waals surface area contributed by atoms with Gasteiger partial charge in [0.25, 0.3) is 0 Å². The lowest BCUT2D eigenvalue weighted by molar-refractivity contribution is 0.836. The predicted molar refractivity (Wildman–Crippen MR) is 141 cm³/mol. The van der Waals surface area contributed by atoms with Crippen molar-refractivity contribution >= 4 is 33.2 Å². The zero-order valence-corrected chi connectivity index (χ0v) is 19.0. The molecule has 2 aliphatic carbocycles. The maximum atomic E-state index is 2.46. The van der Waals surface area contributed by atoms with Crippen LogP contribution in [0.5, 0.6) is 0 Å². The van der Waals surface area contributed by atoms with Crippen LogP contribution >= 0.6 is 0 Å². The Balaban J connectivity index is 1.31. The SMILES string of the molecule is CN(C1=CC=C(C2=CC=C(n3c4ccccc4c4ccccc43)CC2)CC1)c1ccccc1. The van der Waals surface area contributed by atoms with E-state index in [1.165, 1.54) is 50.0 Å². The van der Waals surface area contributed by atoms with Gasteiger partial charge in [0.2, 0.25) is 0 Å². The first-order valence-electron chi connectivity index (χ1n) is 11.9. The highest BCUT2D eigenvalue weighted by atomic mass is 15.1. The number of hydrogen-bond acceptors (Lipinski definition) is 1. The Morgan fingerprint density at radius 2 is 1.15 bits per heavy atom. The van der Waals surface area contributed by atoms with Gasteiger partial charge in [0.15, 0.2) is 0 Å². The number of hydrogen-bond donors (Lipinski definition) is 0. The Morgan fingerprint density at radius 1 is 0.576 bits per heavy atom. The van der Waals surface area contributed by atoms with Gasteiger partial charge in [-0.05, 0) is 73.2 Å². The predicted octanol–water partition coefficient (Wildman–Crippen LogP) is 8.10. The Hall–Kier alpha value is -3.78. The summed E-state index contributed by atoms with van der Waals surface area (Å²) in [5, 5.41) is 2.66. The molecule has 3 aromatic carbocycles. The third-order valence-electron chi connectivity index (χ3n) is 7.11. The molecule has 0 saturated heterocycles. The first-order chi connectivity index (χ1) is 16.3. The molecule has 0 spiro atoms. The average Bonchev–Trinajstić information content (AvgIpc) is 3.23. The largest absolute Gasteiger partial charge is 0.348 e. The molecule has 0 unspecified atom stereocenters. The molecule has 33 heavy (non-hydrogen) atoms. The van der Waals surface area contributed by atoms with Crippen LogP contribution in [0.15, 0.2) is 120 Å². The van der Waals surface area contributed by atoms with E-state index in [2.05, 4.69) is 120 Å². The van der Waals surface area contributed by atoms with E-state index >= 15 is 0 Å². The van der Waals surface area contributed by atoms with E-state index in [0.717, 1.165) is 25.7 Å². The number of anilines is 1.